The number of para-hydroxylation sites is 2. The van der Waals surface area contributed by atoms with Crippen molar-refractivity contribution in [1.82, 2.24) is 20.5 Å². The van der Waals surface area contributed by atoms with Gasteiger partial charge in [-0.1, -0.05) is 18.2 Å². The second kappa shape index (κ2) is 12.0. The number of nitrogens with zero attached hydrogens (tertiary/aromatic N) is 3. The van der Waals surface area contributed by atoms with Crippen LogP contribution >= 0.6 is 0 Å². The summed E-state index contributed by atoms with van der Waals surface area (Å²) in [5.74, 6) is -0.452. The second-order valence-electron chi connectivity index (χ2n) is 7.46. The summed E-state index contributed by atoms with van der Waals surface area (Å²) in [6.07, 6.45) is 3.53. The summed E-state index contributed by atoms with van der Waals surface area (Å²) in [5, 5.41) is 5.31. The maximum absolute atomic E-state index is 12.2. The van der Waals surface area contributed by atoms with Crippen LogP contribution in [0, 0.1) is 0 Å². The van der Waals surface area contributed by atoms with Crippen LogP contribution in [0.3, 0.4) is 0 Å². The van der Waals surface area contributed by atoms with Gasteiger partial charge in [0.25, 0.3) is 0 Å². The number of aromatic nitrogens is 1. The van der Waals surface area contributed by atoms with E-state index in [0.29, 0.717) is 19.7 Å². The van der Waals surface area contributed by atoms with Gasteiger partial charge in [-0.25, -0.2) is 0 Å². The van der Waals surface area contributed by atoms with Crippen LogP contribution in [0.4, 0.5) is 5.69 Å². The molecule has 0 unspecified atom stereocenters. The van der Waals surface area contributed by atoms with Crippen molar-refractivity contribution in [3.8, 4) is 5.75 Å². The molecule has 3 rings (SSSR count). The van der Waals surface area contributed by atoms with E-state index in [1.807, 2.05) is 36.5 Å². The van der Waals surface area contributed by atoms with Crippen LogP contribution in [-0.2, 0) is 14.3 Å². The van der Waals surface area contributed by atoms with Crippen molar-refractivity contribution in [2.45, 2.75) is 6.04 Å². The van der Waals surface area contributed by atoms with Crippen LogP contribution < -0.4 is 20.3 Å². The zero-order valence-electron chi connectivity index (χ0n) is 18.6. The van der Waals surface area contributed by atoms with E-state index < -0.39 is 11.8 Å². The van der Waals surface area contributed by atoms with Gasteiger partial charge in [-0.15, -0.1) is 0 Å². The molecule has 1 saturated heterocycles. The Hall–Kier alpha value is -3.17. The SMILES string of the molecule is COCCNC(=O)C(=O)NC[C@H](c1cccnc1)N1CCN(c2ccccc2OC)CC1. The third kappa shape index (κ3) is 6.18. The number of hydrogen-bond donors (Lipinski definition) is 2. The number of benzene rings is 1. The summed E-state index contributed by atoms with van der Waals surface area (Å²) in [7, 11) is 3.22. The van der Waals surface area contributed by atoms with Crippen molar-refractivity contribution in [1.29, 1.82) is 0 Å². The standard InChI is InChI=1S/C23H31N5O4/c1-31-15-10-25-22(29)23(30)26-17-20(18-6-5-9-24-16-18)28-13-11-27(12-14-28)19-7-3-4-8-21(19)32-2/h3-9,16,20H,10-15,17H2,1-2H3,(H,25,29)(H,26,30)/t20-/m1/s1. The smallest absolute Gasteiger partial charge is 0.309 e. The molecule has 0 bridgehead atoms. The molecule has 2 amide bonds. The van der Waals surface area contributed by atoms with Crippen molar-refractivity contribution in [3.05, 3.63) is 54.4 Å². The number of ether oxygens (including phenoxy) is 2. The first-order valence-electron chi connectivity index (χ1n) is 10.7. The van der Waals surface area contributed by atoms with Gasteiger partial charge in [0.2, 0.25) is 0 Å². The molecule has 1 aromatic carbocycles. The number of amides is 2. The number of carbonyl (C=O) groups excluding carboxylic acids is 2. The number of anilines is 1. The van der Waals surface area contributed by atoms with E-state index in [9.17, 15) is 9.59 Å². The van der Waals surface area contributed by atoms with Crippen molar-refractivity contribution in [2.24, 2.45) is 0 Å². The lowest BCUT2D eigenvalue weighted by Crippen LogP contribution is -2.51. The molecule has 0 aliphatic carbocycles. The van der Waals surface area contributed by atoms with E-state index in [1.165, 1.54) is 0 Å². The summed E-state index contributed by atoms with van der Waals surface area (Å²) in [4.78, 5) is 33.1. The first kappa shape index (κ1) is 23.5. The van der Waals surface area contributed by atoms with Crippen molar-refractivity contribution < 1.29 is 19.1 Å². The van der Waals surface area contributed by atoms with Gasteiger partial charge < -0.3 is 25.0 Å². The maximum atomic E-state index is 12.2. The molecule has 9 nitrogen and oxygen atoms in total. The molecule has 1 fully saturated rings. The van der Waals surface area contributed by atoms with E-state index >= 15 is 0 Å². The molecule has 0 saturated carbocycles. The monoisotopic (exact) mass is 441 g/mol. The molecule has 0 spiro atoms. The fourth-order valence-corrected chi connectivity index (χ4v) is 3.81. The Morgan fingerprint density at radius 1 is 1.03 bits per heavy atom. The zero-order valence-corrected chi connectivity index (χ0v) is 18.6. The summed E-state index contributed by atoms with van der Waals surface area (Å²) in [6.45, 7) is 4.20. The molecule has 2 aromatic rings. The fraction of sp³-hybridized carbons (Fsp3) is 0.435. The Bertz CT molecular complexity index is 872. The van der Waals surface area contributed by atoms with Crippen molar-refractivity contribution in [2.75, 3.05) is 65.0 Å². The quantitative estimate of drug-likeness (QED) is 0.440. The van der Waals surface area contributed by atoms with Gasteiger partial charge in [0, 0.05) is 58.8 Å². The minimum Gasteiger partial charge on any atom is -0.495 e. The molecule has 1 atom stereocenters. The van der Waals surface area contributed by atoms with Gasteiger partial charge in [-0.3, -0.25) is 19.5 Å². The van der Waals surface area contributed by atoms with Crippen molar-refractivity contribution in [3.63, 3.8) is 0 Å². The number of piperazine rings is 1. The van der Waals surface area contributed by atoms with Crippen LogP contribution in [0.2, 0.25) is 0 Å². The fourth-order valence-electron chi connectivity index (χ4n) is 3.81. The summed E-state index contributed by atoms with van der Waals surface area (Å²) >= 11 is 0. The first-order valence-corrected chi connectivity index (χ1v) is 10.7. The number of methoxy groups -OCH3 is 2. The largest absolute Gasteiger partial charge is 0.495 e. The molecule has 1 aliphatic rings. The highest BCUT2D eigenvalue weighted by atomic mass is 16.5. The second-order valence-corrected chi connectivity index (χ2v) is 7.46. The lowest BCUT2D eigenvalue weighted by atomic mass is 10.1. The van der Waals surface area contributed by atoms with Crippen LogP contribution in [0.1, 0.15) is 11.6 Å². The van der Waals surface area contributed by atoms with Gasteiger partial charge in [0.05, 0.1) is 25.4 Å². The molecule has 9 heteroatoms. The molecular weight excluding hydrogens is 410 g/mol. The normalized spacial score (nSPS) is 15.1. The van der Waals surface area contributed by atoms with Crippen LogP contribution in [-0.4, -0.2) is 81.8 Å². The van der Waals surface area contributed by atoms with Crippen LogP contribution in [0.15, 0.2) is 48.8 Å². The van der Waals surface area contributed by atoms with Crippen molar-refractivity contribution >= 4 is 17.5 Å². The van der Waals surface area contributed by atoms with Gasteiger partial charge in [-0.05, 0) is 23.8 Å². The average Bonchev–Trinajstić information content (AvgIpc) is 2.85. The summed E-state index contributed by atoms with van der Waals surface area (Å²) in [6, 6.07) is 11.8. The number of pyridine rings is 1. The highest BCUT2D eigenvalue weighted by molar-refractivity contribution is 6.35. The topological polar surface area (TPSA) is 96.0 Å². The molecule has 32 heavy (non-hydrogen) atoms. The maximum Gasteiger partial charge on any atom is 0.309 e. The first-order chi connectivity index (χ1) is 15.6. The molecule has 0 radical (unpaired) electrons. The minimum atomic E-state index is -0.659. The van der Waals surface area contributed by atoms with Crippen LogP contribution in [0.5, 0.6) is 5.75 Å². The Morgan fingerprint density at radius 2 is 1.78 bits per heavy atom. The minimum absolute atomic E-state index is 0.0840. The number of carbonyl (C=O) groups is 2. The summed E-state index contributed by atoms with van der Waals surface area (Å²) in [5.41, 5.74) is 2.08. The molecule has 172 valence electrons. The zero-order chi connectivity index (χ0) is 22.8. The molecule has 1 aromatic heterocycles. The molecular formula is C23H31N5O4. The third-order valence-electron chi connectivity index (χ3n) is 5.50. The van der Waals surface area contributed by atoms with Gasteiger partial charge in [-0.2, -0.15) is 0 Å². The van der Waals surface area contributed by atoms with Gasteiger partial charge in [0.15, 0.2) is 0 Å². The Balaban J connectivity index is 1.63. The number of nitrogens with one attached hydrogen (secondary N) is 2. The molecule has 1 aliphatic heterocycles. The van der Waals surface area contributed by atoms with Crippen LogP contribution in [0.25, 0.3) is 0 Å². The molecule has 2 heterocycles. The van der Waals surface area contributed by atoms with E-state index in [4.69, 9.17) is 9.47 Å². The highest BCUT2D eigenvalue weighted by Gasteiger charge is 2.27. The van der Waals surface area contributed by atoms with E-state index in [1.54, 1.807) is 20.4 Å². The van der Waals surface area contributed by atoms with Gasteiger partial charge >= 0.3 is 11.8 Å². The van der Waals surface area contributed by atoms with E-state index in [0.717, 1.165) is 43.2 Å². The number of rotatable bonds is 9. The van der Waals surface area contributed by atoms with E-state index in [2.05, 4.69) is 31.5 Å². The average molecular weight is 442 g/mol. The predicted molar refractivity (Wildman–Crippen MR) is 122 cm³/mol. The summed E-state index contributed by atoms with van der Waals surface area (Å²) < 4.78 is 10.4. The third-order valence-corrected chi connectivity index (χ3v) is 5.50. The van der Waals surface area contributed by atoms with E-state index in [-0.39, 0.29) is 6.04 Å². The highest BCUT2D eigenvalue weighted by Crippen LogP contribution is 2.30. The Morgan fingerprint density at radius 3 is 2.47 bits per heavy atom. The Labute approximate surface area is 188 Å². The predicted octanol–water partition coefficient (Wildman–Crippen LogP) is 0.832. The lowest BCUT2D eigenvalue weighted by molar-refractivity contribution is -0.139. The van der Waals surface area contributed by atoms with Gasteiger partial charge in [0.1, 0.15) is 5.75 Å². The Kier molecular flexibility index (Phi) is 8.82. The molecule has 2 N–H and O–H groups in total. The lowest BCUT2D eigenvalue weighted by Gasteiger charge is -2.40. The number of hydrogen-bond acceptors (Lipinski definition) is 7.